The van der Waals surface area contributed by atoms with Gasteiger partial charge >= 0.3 is 0 Å². The Hall–Kier alpha value is -1.35. The van der Waals surface area contributed by atoms with Crippen LogP contribution in [-0.2, 0) is 4.74 Å². The smallest absolute Gasteiger partial charge is 0.123 e. The Balaban J connectivity index is 2.31. The van der Waals surface area contributed by atoms with Crippen molar-refractivity contribution in [1.82, 2.24) is 5.32 Å². The first kappa shape index (κ1) is 12.1. The molecule has 0 spiro atoms. The van der Waals surface area contributed by atoms with Gasteiger partial charge in [0.05, 0.1) is 12.6 Å². The van der Waals surface area contributed by atoms with Crippen molar-refractivity contribution in [2.45, 2.75) is 26.3 Å². The SMILES string of the molecule is CCNC(C1=CCCO1)c1ccc(F)cc1C. The number of hydrogen-bond donors (Lipinski definition) is 1. The summed E-state index contributed by atoms with van der Waals surface area (Å²) in [6, 6.07) is 4.95. The van der Waals surface area contributed by atoms with E-state index in [1.165, 1.54) is 6.07 Å². The molecule has 1 aliphatic heterocycles. The molecular weight excluding hydrogens is 217 g/mol. The van der Waals surface area contributed by atoms with Gasteiger partial charge in [0.25, 0.3) is 0 Å². The van der Waals surface area contributed by atoms with E-state index in [0.29, 0.717) is 0 Å². The van der Waals surface area contributed by atoms with Crippen LogP contribution < -0.4 is 5.32 Å². The van der Waals surface area contributed by atoms with Crippen LogP contribution in [0.3, 0.4) is 0 Å². The molecule has 0 saturated carbocycles. The summed E-state index contributed by atoms with van der Waals surface area (Å²) < 4.78 is 18.7. The molecule has 0 aliphatic carbocycles. The van der Waals surface area contributed by atoms with Gasteiger partial charge in [0.15, 0.2) is 0 Å². The van der Waals surface area contributed by atoms with Crippen molar-refractivity contribution in [3.05, 3.63) is 47.0 Å². The second-order valence-electron chi connectivity index (χ2n) is 4.24. The van der Waals surface area contributed by atoms with Crippen molar-refractivity contribution in [3.63, 3.8) is 0 Å². The molecule has 92 valence electrons. The normalized spacial score (nSPS) is 16.5. The Bertz CT molecular complexity index is 428. The van der Waals surface area contributed by atoms with Gasteiger partial charge in [-0.05, 0) is 42.8 Å². The highest BCUT2D eigenvalue weighted by atomic mass is 19.1. The van der Waals surface area contributed by atoms with E-state index in [1.807, 2.05) is 13.0 Å². The molecule has 2 rings (SSSR count). The lowest BCUT2D eigenvalue weighted by molar-refractivity contribution is 0.216. The van der Waals surface area contributed by atoms with Crippen molar-refractivity contribution in [1.29, 1.82) is 0 Å². The van der Waals surface area contributed by atoms with Crippen molar-refractivity contribution in [3.8, 4) is 0 Å². The average Bonchev–Trinajstić information content (AvgIpc) is 2.80. The molecule has 1 unspecified atom stereocenters. The third-order valence-electron chi connectivity index (χ3n) is 2.97. The van der Waals surface area contributed by atoms with Crippen molar-refractivity contribution >= 4 is 0 Å². The highest BCUT2D eigenvalue weighted by Crippen LogP contribution is 2.28. The number of nitrogens with one attached hydrogen (secondary N) is 1. The first-order chi connectivity index (χ1) is 8.22. The zero-order valence-corrected chi connectivity index (χ0v) is 10.3. The summed E-state index contributed by atoms with van der Waals surface area (Å²) in [5, 5.41) is 3.39. The molecule has 1 atom stereocenters. The number of benzene rings is 1. The third kappa shape index (κ3) is 2.67. The van der Waals surface area contributed by atoms with Crippen LogP contribution in [0.15, 0.2) is 30.0 Å². The predicted octanol–water partition coefficient (Wildman–Crippen LogP) is 3.09. The highest BCUT2D eigenvalue weighted by Gasteiger charge is 2.21. The van der Waals surface area contributed by atoms with E-state index in [0.717, 1.165) is 36.5 Å². The van der Waals surface area contributed by atoms with E-state index in [1.54, 1.807) is 6.07 Å². The lowest BCUT2D eigenvalue weighted by Crippen LogP contribution is -2.24. The molecule has 1 aromatic rings. The molecule has 1 heterocycles. The van der Waals surface area contributed by atoms with Gasteiger partial charge in [-0.25, -0.2) is 4.39 Å². The number of likely N-dealkylation sites (N-methyl/N-ethyl adjacent to an activating group) is 1. The fourth-order valence-electron chi connectivity index (χ4n) is 2.17. The number of ether oxygens (including phenoxy) is 1. The largest absolute Gasteiger partial charge is 0.496 e. The average molecular weight is 235 g/mol. The number of halogens is 1. The molecule has 0 amide bonds. The minimum absolute atomic E-state index is 0.0445. The van der Waals surface area contributed by atoms with Gasteiger partial charge < -0.3 is 10.1 Å². The van der Waals surface area contributed by atoms with Crippen LogP contribution in [0.5, 0.6) is 0 Å². The molecule has 17 heavy (non-hydrogen) atoms. The number of aryl methyl sites for hydroxylation is 1. The van der Waals surface area contributed by atoms with Crippen LogP contribution in [0.4, 0.5) is 4.39 Å². The Labute approximate surface area is 101 Å². The Kier molecular flexibility index (Phi) is 3.79. The summed E-state index contributed by atoms with van der Waals surface area (Å²) in [5.41, 5.74) is 2.04. The summed E-state index contributed by atoms with van der Waals surface area (Å²) in [5.74, 6) is 0.768. The molecule has 0 aromatic heterocycles. The van der Waals surface area contributed by atoms with E-state index in [9.17, 15) is 4.39 Å². The topological polar surface area (TPSA) is 21.3 Å². The van der Waals surface area contributed by atoms with Crippen LogP contribution in [0.1, 0.15) is 30.5 Å². The number of rotatable bonds is 4. The van der Waals surface area contributed by atoms with Crippen LogP contribution in [-0.4, -0.2) is 13.2 Å². The molecule has 1 aliphatic rings. The fraction of sp³-hybridized carbons (Fsp3) is 0.429. The molecule has 3 heteroatoms. The fourth-order valence-corrected chi connectivity index (χ4v) is 2.17. The summed E-state index contributed by atoms with van der Waals surface area (Å²) >= 11 is 0. The van der Waals surface area contributed by atoms with Gasteiger partial charge in [-0.15, -0.1) is 0 Å². The third-order valence-corrected chi connectivity index (χ3v) is 2.97. The minimum Gasteiger partial charge on any atom is -0.496 e. The predicted molar refractivity (Wildman–Crippen MR) is 66.2 cm³/mol. The first-order valence-electron chi connectivity index (χ1n) is 6.04. The van der Waals surface area contributed by atoms with Gasteiger partial charge in [-0.2, -0.15) is 0 Å². The van der Waals surface area contributed by atoms with Crippen molar-refractivity contribution in [2.75, 3.05) is 13.2 Å². The van der Waals surface area contributed by atoms with E-state index in [-0.39, 0.29) is 11.9 Å². The minimum atomic E-state index is -0.192. The molecule has 2 nitrogen and oxygen atoms in total. The van der Waals surface area contributed by atoms with Gasteiger partial charge in [-0.3, -0.25) is 0 Å². The highest BCUT2D eigenvalue weighted by molar-refractivity contribution is 5.34. The van der Waals surface area contributed by atoms with Gasteiger partial charge in [-0.1, -0.05) is 13.0 Å². The maximum Gasteiger partial charge on any atom is 0.123 e. The first-order valence-corrected chi connectivity index (χ1v) is 6.04. The Morgan fingerprint density at radius 1 is 1.47 bits per heavy atom. The van der Waals surface area contributed by atoms with Crippen LogP contribution in [0, 0.1) is 12.7 Å². The Morgan fingerprint density at radius 3 is 2.88 bits per heavy atom. The maximum absolute atomic E-state index is 13.1. The molecule has 1 aromatic carbocycles. The molecule has 0 bridgehead atoms. The molecular formula is C14H18FNO. The second kappa shape index (κ2) is 5.32. The van der Waals surface area contributed by atoms with Crippen LogP contribution in [0.25, 0.3) is 0 Å². The van der Waals surface area contributed by atoms with Gasteiger partial charge in [0.2, 0.25) is 0 Å². The summed E-state index contributed by atoms with van der Waals surface area (Å²) in [6.07, 6.45) is 3.06. The molecule has 0 saturated heterocycles. The lowest BCUT2D eigenvalue weighted by Gasteiger charge is -2.21. The van der Waals surface area contributed by atoms with Gasteiger partial charge in [0, 0.05) is 6.42 Å². The van der Waals surface area contributed by atoms with E-state index in [2.05, 4.69) is 18.3 Å². The zero-order chi connectivity index (χ0) is 12.3. The van der Waals surface area contributed by atoms with E-state index >= 15 is 0 Å². The second-order valence-corrected chi connectivity index (χ2v) is 4.24. The van der Waals surface area contributed by atoms with Crippen LogP contribution in [0.2, 0.25) is 0 Å². The zero-order valence-electron chi connectivity index (χ0n) is 10.3. The van der Waals surface area contributed by atoms with Crippen molar-refractivity contribution < 1.29 is 9.13 Å². The molecule has 1 N–H and O–H groups in total. The van der Waals surface area contributed by atoms with E-state index < -0.39 is 0 Å². The summed E-state index contributed by atoms with van der Waals surface area (Å²) in [6.45, 7) is 5.58. The van der Waals surface area contributed by atoms with Crippen molar-refractivity contribution in [2.24, 2.45) is 0 Å². The lowest BCUT2D eigenvalue weighted by atomic mass is 9.99. The monoisotopic (exact) mass is 235 g/mol. The maximum atomic E-state index is 13.1. The van der Waals surface area contributed by atoms with Crippen LogP contribution >= 0.6 is 0 Å². The summed E-state index contributed by atoms with van der Waals surface area (Å²) in [7, 11) is 0. The quantitative estimate of drug-likeness (QED) is 0.866. The number of hydrogen-bond acceptors (Lipinski definition) is 2. The summed E-state index contributed by atoms with van der Waals surface area (Å²) in [4.78, 5) is 0. The van der Waals surface area contributed by atoms with Gasteiger partial charge in [0.1, 0.15) is 11.6 Å². The molecule has 0 radical (unpaired) electrons. The standard InChI is InChI=1S/C14H18FNO/c1-3-16-14(13-5-4-8-17-13)12-7-6-11(15)9-10(12)2/h5-7,9,14,16H,3-4,8H2,1-2H3. The van der Waals surface area contributed by atoms with E-state index in [4.69, 9.17) is 4.74 Å². The Morgan fingerprint density at radius 2 is 2.29 bits per heavy atom. The molecule has 0 fully saturated rings.